The molecule has 0 heterocycles. The molecule has 0 fully saturated rings. The molecule has 9 heteroatoms. The van der Waals surface area contributed by atoms with Crippen LogP contribution in [0.2, 0.25) is 0 Å². The number of amides is 1. The molecule has 7 nitrogen and oxygen atoms in total. The van der Waals surface area contributed by atoms with Gasteiger partial charge in [0.05, 0.1) is 10.7 Å². The lowest BCUT2D eigenvalue weighted by molar-refractivity contribution is 0.0528. The standard InChI is InChI=1S/C17H24BrNO6S/c1-6-11-23-13-7-8-14(25-26(5,21)22)15(18)12(13)9-10-19-16(20)24-17(2,3)4/h6-8H,1,9-11H2,2-5H3,(H,19,20). The maximum Gasteiger partial charge on any atom is 0.407 e. The van der Waals surface area contributed by atoms with Gasteiger partial charge in [0.15, 0.2) is 5.75 Å². The van der Waals surface area contributed by atoms with Gasteiger partial charge in [-0.15, -0.1) is 0 Å². The van der Waals surface area contributed by atoms with E-state index in [9.17, 15) is 13.2 Å². The number of nitrogens with one attached hydrogen (secondary N) is 1. The molecule has 1 aromatic rings. The molecule has 0 spiro atoms. The third-order valence-electron chi connectivity index (χ3n) is 2.81. The topological polar surface area (TPSA) is 90.9 Å². The van der Waals surface area contributed by atoms with E-state index >= 15 is 0 Å². The van der Waals surface area contributed by atoms with Crippen molar-refractivity contribution in [2.45, 2.75) is 32.8 Å². The van der Waals surface area contributed by atoms with E-state index < -0.39 is 21.8 Å². The summed E-state index contributed by atoms with van der Waals surface area (Å²) >= 11 is 3.35. The van der Waals surface area contributed by atoms with Crippen molar-refractivity contribution < 1.29 is 26.9 Å². The summed E-state index contributed by atoms with van der Waals surface area (Å²) in [5, 5.41) is 2.65. The molecule has 0 aromatic heterocycles. The number of hydrogen-bond donors (Lipinski definition) is 1. The minimum Gasteiger partial charge on any atom is -0.489 e. The van der Waals surface area contributed by atoms with Gasteiger partial charge in [-0.25, -0.2) is 4.79 Å². The Morgan fingerprint density at radius 2 is 1.92 bits per heavy atom. The highest BCUT2D eigenvalue weighted by Gasteiger charge is 2.18. The Bertz CT molecular complexity index is 755. The highest BCUT2D eigenvalue weighted by atomic mass is 79.9. The van der Waals surface area contributed by atoms with E-state index in [0.29, 0.717) is 22.2 Å². The first-order chi connectivity index (χ1) is 11.9. The van der Waals surface area contributed by atoms with Crippen LogP contribution in [0.25, 0.3) is 0 Å². The van der Waals surface area contributed by atoms with Gasteiger partial charge in [-0.05, 0) is 55.3 Å². The highest BCUT2D eigenvalue weighted by Crippen LogP contribution is 2.36. The maximum absolute atomic E-state index is 11.8. The lowest BCUT2D eigenvalue weighted by atomic mass is 10.1. The second-order valence-corrected chi connectivity index (χ2v) is 8.79. The van der Waals surface area contributed by atoms with E-state index in [-0.39, 0.29) is 18.9 Å². The Balaban J connectivity index is 2.95. The molecule has 0 aliphatic carbocycles. The van der Waals surface area contributed by atoms with E-state index in [1.807, 2.05) is 0 Å². The predicted octanol–water partition coefficient (Wildman–Crippen LogP) is 3.42. The molecule has 0 atom stereocenters. The number of ether oxygens (including phenoxy) is 2. The van der Waals surface area contributed by atoms with Crippen LogP contribution < -0.4 is 14.2 Å². The van der Waals surface area contributed by atoms with Crippen LogP contribution in [0.3, 0.4) is 0 Å². The average molecular weight is 450 g/mol. The summed E-state index contributed by atoms with van der Waals surface area (Å²) in [7, 11) is -3.68. The minimum absolute atomic E-state index is 0.144. The maximum atomic E-state index is 11.8. The molecule has 0 bridgehead atoms. The van der Waals surface area contributed by atoms with Crippen molar-refractivity contribution in [1.82, 2.24) is 5.32 Å². The van der Waals surface area contributed by atoms with Gasteiger partial charge < -0.3 is 19.0 Å². The molecular weight excluding hydrogens is 426 g/mol. The monoisotopic (exact) mass is 449 g/mol. The Labute approximate surface area is 163 Å². The fourth-order valence-electron chi connectivity index (χ4n) is 1.93. The lowest BCUT2D eigenvalue weighted by Gasteiger charge is -2.20. The van der Waals surface area contributed by atoms with Crippen LogP contribution in [0.5, 0.6) is 11.5 Å². The summed E-state index contributed by atoms with van der Waals surface area (Å²) in [5.74, 6) is 0.675. The van der Waals surface area contributed by atoms with Crippen LogP contribution in [-0.4, -0.2) is 39.5 Å². The van der Waals surface area contributed by atoms with Gasteiger partial charge >= 0.3 is 16.2 Å². The van der Waals surface area contributed by atoms with Gasteiger partial charge in [-0.2, -0.15) is 8.42 Å². The fourth-order valence-corrected chi connectivity index (χ4v) is 3.11. The highest BCUT2D eigenvalue weighted by molar-refractivity contribution is 9.10. The van der Waals surface area contributed by atoms with Gasteiger partial charge in [0.2, 0.25) is 0 Å². The Kier molecular flexibility index (Phi) is 7.95. The number of carbonyl (C=O) groups excluding carboxylic acids is 1. The smallest absolute Gasteiger partial charge is 0.407 e. The number of alkyl carbamates (subject to hydrolysis) is 1. The summed E-state index contributed by atoms with van der Waals surface area (Å²) < 4.78 is 39.0. The average Bonchev–Trinajstić information content (AvgIpc) is 2.46. The summed E-state index contributed by atoms with van der Waals surface area (Å²) in [6.07, 6.45) is 2.39. The molecule has 0 aliphatic heterocycles. The second kappa shape index (κ2) is 9.27. The van der Waals surface area contributed by atoms with Gasteiger partial charge in [0, 0.05) is 12.1 Å². The minimum atomic E-state index is -3.68. The molecule has 1 amide bonds. The van der Waals surface area contributed by atoms with Crippen LogP contribution in [0.1, 0.15) is 26.3 Å². The number of halogens is 1. The van der Waals surface area contributed by atoms with Crippen molar-refractivity contribution in [3.05, 3.63) is 34.8 Å². The van der Waals surface area contributed by atoms with Gasteiger partial charge in [0.25, 0.3) is 0 Å². The first-order valence-corrected chi connectivity index (χ1v) is 10.5. The Morgan fingerprint density at radius 1 is 1.31 bits per heavy atom. The van der Waals surface area contributed by atoms with Crippen molar-refractivity contribution in [3.63, 3.8) is 0 Å². The molecule has 1 rings (SSSR count). The predicted molar refractivity (Wildman–Crippen MR) is 103 cm³/mol. The largest absolute Gasteiger partial charge is 0.489 e. The van der Waals surface area contributed by atoms with E-state index in [2.05, 4.69) is 27.8 Å². The fraction of sp³-hybridized carbons (Fsp3) is 0.471. The van der Waals surface area contributed by atoms with E-state index in [4.69, 9.17) is 13.7 Å². The molecule has 0 aliphatic rings. The molecule has 0 saturated heterocycles. The van der Waals surface area contributed by atoms with E-state index in [0.717, 1.165) is 6.26 Å². The first-order valence-electron chi connectivity index (χ1n) is 7.84. The van der Waals surface area contributed by atoms with Crippen LogP contribution in [0.4, 0.5) is 4.79 Å². The third kappa shape index (κ3) is 8.09. The zero-order valence-electron chi connectivity index (χ0n) is 15.3. The molecule has 1 N–H and O–H groups in total. The molecule has 146 valence electrons. The van der Waals surface area contributed by atoms with E-state index in [1.54, 1.807) is 32.9 Å². The van der Waals surface area contributed by atoms with Crippen LogP contribution in [0, 0.1) is 0 Å². The summed E-state index contributed by atoms with van der Waals surface area (Å²) in [4.78, 5) is 11.8. The number of carbonyl (C=O) groups is 1. The van der Waals surface area contributed by atoms with Crippen molar-refractivity contribution in [3.8, 4) is 11.5 Å². The molecule has 0 radical (unpaired) electrons. The molecule has 26 heavy (non-hydrogen) atoms. The van der Waals surface area contributed by atoms with Crippen molar-refractivity contribution >= 4 is 32.1 Å². The molecule has 0 unspecified atom stereocenters. The number of rotatable bonds is 8. The van der Waals surface area contributed by atoms with Gasteiger partial charge in [-0.3, -0.25) is 0 Å². The summed E-state index contributed by atoms with van der Waals surface area (Å²) in [6.45, 7) is 9.47. The Hall–Kier alpha value is -1.74. The zero-order chi connectivity index (χ0) is 20.0. The quantitative estimate of drug-likeness (QED) is 0.482. The van der Waals surface area contributed by atoms with E-state index in [1.165, 1.54) is 6.07 Å². The number of hydrogen-bond acceptors (Lipinski definition) is 6. The van der Waals surface area contributed by atoms with Crippen LogP contribution in [-0.2, 0) is 21.3 Å². The molecule has 0 saturated carbocycles. The molecular formula is C17H24BrNO6S. The van der Waals surface area contributed by atoms with Crippen LogP contribution >= 0.6 is 15.9 Å². The van der Waals surface area contributed by atoms with Gasteiger partial charge in [-0.1, -0.05) is 12.7 Å². The zero-order valence-corrected chi connectivity index (χ0v) is 17.7. The lowest BCUT2D eigenvalue weighted by Crippen LogP contribution is -2.33. The summed E-state index contributed by atoms with van der Waals surface area (Å²) in [6, 6.07) is 3.10. The van der Waals surface area contributed by atoms with Crippen molar-refractivity contribution in [2.75, 3.05) is 19.4 Å². The summed E-state index contributed by atoms with van der Waals surface area (Å²) in [5.41, 5.74) is 0.0654. The number of benzene rings is 1. The van der Waals surface area contributed by atoms with Crippen LogP contribution in [0.15, 0.2) is 29.3 Å². The third-order valence-corrected chi connectivity index (χ3v) is 4.16. The second-order valence-electron chi connectivity index (χ2n) is 6.42. The van der Waals surface area contributed by atoms with Crippen molar-refractivity contribution in [1.29, 1.82) is 0 Å². The van der Waals surface area contributed by atoms with Crippen molar-refractivity contribution in [2.24, 2.45) is 0 Å². The first kappa shape index (κ1) is 22.3. The van der Waals surface area contributed by atoms with Gasteiger partial charge in [0.1, 0.15) is 18.0 Å². The Morgan fingerprint density at radius 3 is 2.46 bits per heavy atom. The molecule has 1 aromatic carbocycles. The normalized spacial score (nSPS) is 11.6. The SMILES string of the molecule is C=CCOc1ccc(OS(C)(=O)=O)c(Br)c1CCNC(=O)OC(C)(C)C.